The summed E-state index contributed by atoms with van der Waals surface area (Å²) in [4.78, 5) is 10.7. The fraction of sp³-hybridized carbons (Fsp3) is 0.0492. The summed E-state index contributed by atoms with van der Waals surface area (Å²) in [5, 5.41) is 9.90. The van der Waals surface area contributed by atoms with E-state index in [0.29, 0.717) is 0 Å². The minimum Gasteiger partial charge on any atom is -0.309 e. The van der Waals surface area contributed by atoms with Crippen molar-refractivity contribution in [3.63, 3.8) is 0 Å². The first-order valence-corrected chi connectivity index (χ1v) is 22.5. The third-order valence-electron chi connectivity index (χ3n) is 14.2. The molecule has 304 valence electrons. The molecule has 0 aliphatic heterocycles. The van der Waals surface area contributed by atoms with Crippen molar-refractivity contribution in [2.24, 2.45) is 0 Å². The first-order valence-electron chi connectivity index (χ1n) is 22.5. The first-order chi connectivity index (χ1) is 32.0. The van der Waals surface area contributed by atoms with Crippen LogP contribution in [-0.4, -0.2) is 19.1 Å². The first kappa shape index (κ1) is 36.2. The van der Waals surface area contributed by atoms with Gasteiger partial charge in [-0.05, 0) is 123 Å². The Balaban J connectivity index is 0.919. The summed E-state index contributed by atoms with van der Waals surface area (Å²) in [6, 6.07) is 75.4. The Bertz CT molecular complexity index is 4150. The van der Waals surface area contributed by atoms with Crippen LogP contribution in [0.25, 0.3) is 121 Å². The molecule has 0 fully saturated rings. The molecular weight excluding hydrogens is 789 g/mol. The molecule has 4 heteroatoms. The van der Waals surface area contributed by atoms with Crippen LogP contribution in [-0.2, 0) is 5.41 Å². The Hall–Kier alpha value is -8.34. The lowest BCUT2D eigenvalue weighted by Gasteiger charge is -2.22. The van der Waals surface area contributed by atoms with Crippen LogP contribution in [0, 0.1) is 0 Å². The average Bonchev–Trinajstić information content (AvgIpc) is 3.93. The number of hydrogen-bond donors (Lipinski definition) is 0. The zero-order valence-electron chi connectivity index (χ0n) is 35.9. The lowest BCUT2D eigenvalue weighted by Crippen LogP contribution is -2.15. The summed E-state index contributed by atoms with van der Waals surface area (Å²) >= 11 is 0. The number of aromatic nitrogens is 4. The molecule has 13 aromatic rings. The summed E-state index contributed by atoms with van der Waals surface area (Å²) in [6.07, 6.45) is 0. The molecule has 0 unspecified atom stereocenters. The molecule has 0 N–H and O–H groups in total. The van der Waals surface area contributed by atoms with E-state index in [1.54, 1.807) is 0 Å². The van der Waals surface area contributed by atoms with E-state index >= 15 is 0 Å². The highest BCUT2D eigenvalue weighted by Gasteiger charge is 2.35. The van der Waals surface area contributed by atoms with Crippen molar-refractivity contribution in [3.05, 3.63) is 217 Å². The Morgan fingerprint density at radius 3 is 1.55 bits per heavy atom. The van der Waals surface area contributed by atoms with Gasteiger partial charge in [-0.15, -0.1) is 0 Å². The van der Waals surface area contributed by atoms with Crippen LogP contribution in [0.1, 0.15) is 25.0 Å². The standard InChI is InChI=1S/C61H40N4/c1-61(2)51-18-8-5-15-45(51)46-30-26-41(34-52(46)61)60-59(62-53-19-9-10-20-54(53)63-60)37-23-27-43(28-24-37)64-55-21-11-6-16-47(55)50-33-40-25-29-44(31-42(40)36-58(50)64)65-56-22-12-7-17-48(56)49-32-38-13-3-4-14-39(38)35-57(49)65/h3-36H,1-2H3. The fourth-order valence-electron chi connectivity index (χ4n) is 11.1. The predicted octanol–water partition coefficient (Wildman–Crippen LogP) is 15.8. The zero-order chi connectivity index (χ0) is 43.0. The Labute approximate surface area is 375 Å². The van der Waals surface area contributed by atoms with Gasteiger partial charge in [-0.25, -0.2) is 9.97 Å². The number of benzene rings is 10. The Morgan fingerprint density at radius 1 is 0.338 bits per heavy atom. The van der Waals surface area contributed by atoms with E-state index in [-0.39, 0.29) is 5.41 Å². The molecule has 0 saturated heterocycles. The van der Waals surface area contributed by atoms with Gasteiger partial charge in [0.2, 0.25) is 0 Å². The molecule has 0 spiro atoms. The predicted molar refractivity (Wildman–Crippen MR) is 272 cm³/mol. The molecule has 1 aliphatic rings. The molecule has 0 bridgehead atoms. The van der Waals surface area contributed by atoms with Gasteiger partial charge < -0.3 is 9.13 Å². The van der Waals surface area contributed by atoms with E-state index in [1.165, 1.54) is 87.4 Å². The summed E-state index contributed by atoms with van der Waals surface area (Å²) in [7, 11) is 0. The highest BCUT2D eigenvalue weighted by Crippen LogP contribution is 2.50. The van der Waals surface area contributed by atoms with E-state index in [0.717, 1.165) is 44.9 Å². The van der Waals surface area contributed by atoms with Gasteiger partial charge >= 0.3 is 0 Å². The van der Waals surface area contributed by atoms with Gasteiger partial charge in [-0.2, -0.15) is 0 Å². The molecular formula is C61H40N4. The fourth-order valence-corrected chi connectivity index (χ4v) is 11.1. The molecule has 0 radical (unpaired) electrons. The Morgan fingerprint density at radius 2 is 0.846 bits per heavy atom. The molecule has 0 atom stereocenters. The van der Waals surface area contributed by atoms with Crippen molar-refractivity contribution in [1.82, 2.24) is 19.1 Å². The molecule has 10 aromatic carbocycles. The molecule has 4 nitrogen and oxygen atoms in total. The van der Waals surface area contributed by atoms with Crippen LogP contribution in [0.5, 0.6) is 0 Å². The van der Waals surface area contributed by atoms with Crippen molar-refractivity contribution < 1.29 is 0 Å². The van der Waals surface area contributed by atoms with Gasteiger partial charge in [0.05, 0.1) is 44.5 Å². The van der Waals surface area contributed by atoms with Crippen molar-refractivity contribution in [2.75, 3.05) is 0 Å². The monoisotopic (exact) mass is 828 g/mol. The second-order valence-corrected chi connectivity index (χ2v) is 18.2. The minimum atomic E-state index is -0.121. The van der Waals surface area contributed by atoms with Crippen molar-refractivity contribution in [1.29, 1.82) is 0 Å². The lowest BCUT2D eigenvalue weighted by molar-refractivity contribution is 0.660. The number of rotatable bonds is 4. The zero-order valence-corrected chi connectivity index (χ0v) is 35.9. The van der Waals surface area contributed by atoms with Gasteiger partial charge in [-0.1, -0.05) is 141 Å². The number of hydrogen-bond acceptors (Lipinski definition) is 2. The molecule has 3 aromatic heterocycles. The molecule has 65 heavy (non-hydrogen) atoms. The highest BCUT2D eigenvalue weighted by atomic mass is 15.0. The van der Waals surface area contributed by atoms with E-state index in [4.69, 9.17) is 9.97 Å². The average molecular weight is 829 g/mol. The Kier molecular flexibility index (Phi) is 7.42. The van der Waals surface area contributed by atoms with Crippen molar-refractivity contribution in [2.45, 2.75) is 19.3 Å². The van der Waals surface area contributed by atoms with Gasteiger partial charge in [0.15, 0.2) is 0 Å². The maximum absolute atomic E-state index is 5.33. The van der Waals surface area contributed by atoms with Crippen LogP contribution in [0.4, 0.5) is 0 Å². The van der Waals surface area contributed by atoms with Crippen LogP contribution < -0.4 is 0 Å². The molecule has 14 rings (SSSR count). The van der Waals surface area contributed by atoms with E-state index < -0.39 is 0 Å². The van der Waals surface area contributed by atoms with E-state index in [9.17, 15) is 0 Å². The summed E-state index contributed by atoms with van der Waals surface area (Å²) in [5.41, 5.74) is 17.8. The smallest absolute Gasteiger partial charge is 0.0973 e. The van der Waals surface area contributed by atoms with Crippen LogP contribution in [0.3, 0.4) is 0 Å². The third kappa shape index (κ3) is 5.25. The van der Waals surface area contributed by atoms with E-state index in [2.05, 4.69) is 217 Å². The number of para-hydroxylation sites is 4. The largest absolute Gasteiger partial charge is 0.309 e. The van der Waals surface area contributed by atoms with Crippen molar-refractivity contribution in [3.8, 4) is 45.0 Å². The SMILES string of the molecule is CC1(C)c2ccccc2-c2ccc(-c3nc4ccccc4nc3-c3ccc(-n4c5ccccc5c5cc6ccc(-n7c8ccccc8c8cc9ccccc9cc87)cc6cc54)cc3)cc21. The van der Waals surface area contributed by atoms with Gasteiger partial charge in [0.25, 0.3) is 0 Å². The summed E-state index contributed by atoms with van der Waals surface area (Å²) < 4.78 is 4.85. The molecule has 1 aliphatic carbocycles. The second kappa shape index (κ2) is 13.3. The lowest BCUT2D eigenvalue weighted by atomic mass is 9.81. The van der Waals surface area contributed by atoms with Gasteiger partial charge in [0.1, 0.15) is 0 Å². The summed E-state index contributed by atoms with van der Waals surface area (Å²) in [6.45, 7) is 4.66. The van der Waals surface area contributed by atoms with Crippen LogP contribution in [0.2, 0.25) is 0 Å². The normalized spacial score (nSPS) is 13.2. The quantitative estimate of drug-likeness (QED) is 0.177. The van der Waals surface area contributed by atoms with E-state index in [1.807, 2.05) is 12.1 Å². The number of fused-ring (bicyclic) bond motifs is 12. The minimum absolute atomic E-state index is 0.121. The van der Waals surface area contributed by atoms with Gasteiger partial charge in [-0.3, -0.25) is 0 Å². The topological polar surface area (TPSA) is 35.6 Å². The number of nitrogens with zero attached hydrogens (tertiary/aromatic N) is 4. The van der Waals surface area contributed by atoms with Gasteiger partial charge in [0, 0.05) is 49.5 Å². The molecule has 0 saturated carbocycles. The molecule has 3 heterocycles. The highest BCUT2D eigenvalue weighted by molar-refractivity contribution is 6.15. The maximum Gasteiger partial charge on any atom is 0.0973 e. The summed E-state index contributed by atoms with van der Waals surface area (Å²) in [5.74, 6) is 0. The molecule has 0 amide bonds. The van der Waals surface area contributed by atoms with Crippen molar-refractivity contribution >= 4 is 76.2 Å². The third-order valence-corrected chi connectivity index (χ3v) is 14.2. The van der Waals surface area contributed by atoms with Crippen LogP contribution >= 0.6 is 0 Å². The van der Waals surface area contributed by atoms with Crippen LogP contribution in [0.15, 0.2) is 206 Å². The maximum atomic E-state index is 5.33. The second-order valence-electron chi connectivity index (χ2n) is 18.2.